The summed E-state index contributed by atoms with van der Waals surface area (Å²) in [6, 6.07) is 35.6. The van der Waals surface area contributed by atoms with Crippen molar-refractivity contribution in [1.29, 1.82) is 0 Å². The lowest BCUT2D eigenvalue weighted by atomic mass is 9.89. The van der Waals surface area contributed by atoms with Crippen LogP contribution in [0.2, 0.25) is 0 Å². The Bertz CT molecular complexity index is 1340. The third kappa shape index (κ3) is 2.31. The molecule has 0 N–H and O–H groups in total. The van der Waals surface area contributed by atoms with Gasteiger partial charge in [0.1, 0.15) is 0 Å². The second-order valence-electron chi connectivity index (χ2n) is 7.77. The minimum Gasteiger partial charge on any atom is -0.0622 e. The zero-order valence-corrected chi connectivity index (χ0v) is 15.7. The van der Waals surface area contributed by atoms with Crippen LogP contribution in [0.1, 0.15) is 22.3 Å². The second kappa shape index (κ2) is 6.07. The highest BCUT2D eigenvalue weighted by Crippen LogP contribution is 2.44. The van der Waals surface area contributed by atoms with Gasteiger partial charge in [-0.15, -0.1) is 0 Å². The number of hydrogen-bond acceptors (Lipinski definition) is 0. The molecule has 0 heterocycles. The Balaban J connectivity index is 1.71. The van der Waals surface area contributed by atoms with Gasteiger partial charge in [-0.3, -0.25) is 0 Å². The summed E-state index contributed by atoms with van der Waals surface area (Å²) >= 11 is 0. The van der Waals surface area contributed by atoms with Crippen molar-refractivity contribution < 1.29 is 0 Å². The summed E-state index contributed by atoms with van der Waals surface area (Å²) in [6.45, 7) is 0. The average molecular weight is 356 g/mol. The van der Waals surface area contributed by atoms with Crippen molar-refractivity contribution in [3.63, 3.8) is 0 Å². The Labute approximate surface area is 165 Å². The van der Waals surface area contributed by atoms with Gasteiger partial charge in [0.05, 0.1) is 0 Å². The standard InChI is InChI=1S/C28H20/c1-2-8-19(9-3-1)16-22-18-26-23-12-6-5-11-21(23)17-27(26)28-24-13-7-4-10-20(24)14-15-25(22)28/h1-15,18H,16-17H2. The Morgan fingerprint density at radius 3 is 2.32 bits per heavy atom. The van der Waals surface area contributed by atoms with Gasteiger partial charge in [-0.1, -0.05) is 91.0 Å². The van der Waals surface area contributed by atoms with Crippen LogP contribution in [0.5, 0.6) is 0 Å². The molecule has 0 spiro atoms. The molecule has 0 unspecified atom stereocenters. The summed E-state index contributed by atoms with van der Waals surface area (Å²) in [5.74, 6) is 0. The summed E-state index contributed by atoms with van der Waals surface area (Å²) in [5.41, 5.74) is 8.55. The maximum Gasteiger partial charge on any atom is -0.000706 e. The monoisotopic (exact) mass is 356 g/mol. The molecule has 0 nitrogen and oxygen atoms in total. The molecule has 1 aliphatic carbocycles. The van der Waals surface area contributed by atoms with E-state index in [1.807, 2.05) is 0 Å². The zero-order chi connectivity index (χ0) is 18.5. The van der Waals surface area contributed by atoms with Crippen LogP contribution in [-0.4, -0.2) is 0 Å². The molecule has 0 saturated heterocycles. The molecule has 5 aromatic carbocycles. The van der Waals surface area contributed by atoms with Crippen LogP contribution in [0.15, 0.2) is 97.1 Å². The lowest BCUT2D eigenvalue weighted by Crippen LogP contribution is -1.95. The van der Waals surface area contributed by atoms with Gasteiger partial charge < -0.3 is 0 Å². The van der Waals surface area contributed by atoms with Gasteiger partial charge in [0, 0.05) is 0 Å². The predicted molar refractivity (Wildman–Crippen MR) is 119 cm³/mol. The van der Waals surface area contributed by atoms with E-state index in [-0.39, 0.29) is 0 Å². The zero-order valence-electron chi connectivity index (χ0n) is 15.7. The van der Waals surface area contributed by atoms with Gasteiger partial charge in [0.2, 0.25) is 0 Å². The van der Waals surface area contributed by atoms with E-state index in [1.165, 1.54) is 54.9 Å². The van der Waals surface area contributed by atoms with E-state index in [1.54, 1.807) is 0 Å². The van der Waals surface area contributed by atoms with Crippen LogP contribution >= 0.6 is 0 Å². The summed E-state index contributed by atoms with van der Waals surface area (Å²) in [7, 11) is 0. The number of fused-ring (bicyclic) bond motifs is 7. The molecule has 6 rings (SSSR count). The lowest BCUT2D eigenvalue weighted by Gasteiger charge is -2.15. The molecule has 0 aliphatic heterocycles. The molecule has 0 amide bonds. The summed E-state index contributed by atoms with van der Waals surface area (Å²) < 4.78 is 0. The van der Waals surface area contributed by atoms with Crippen molar-refractivity contribution in [2.75, 3.05) is 0 Å². The molecule has 0 heteroatoms. The van der Waals surface area contributed by atoms with Crippen LogP contribution in [0.3, 0.4) is 0 Å². The van der Waals surface area contributed by atoms with Gasteiger partial charge in [-0.25, -0.2) is 0 Å². The topological polar surface area (TPSA) is 0 Å². The first-order valence-electron chi connectivity index (χ1n) is 9.97. The van der Waals surface area contributed by atoms with Crippen molar-refractivity contribution >= 4 is 21.5 Å². The maximum atomic E-state index is 2.45. The van der Waals surface area contributed by atoms with Gasteiger partial charge in [-0.2, -0.15) is 0 Å². The fourth-order valence-electron chi connectivity index (χ4n) is 4.85. The first-order chi connectivity index (χ1) is 13.9. The molecule has 0 fully saturated rings. The number of hydrogen-bond donors (Lipinski definition) is 0. The Morgan fingerprint density at radius 2 is 1.39 bits per heavy atom. The molecule has 0 bridgehead atoms. The third-order valence-corrected chi connectivity index (χ3v) is 6.13. The Kier molecular flexibility index (Phi) is 3.39. The predicted octanol–water partition coefficient (Wildman–Crippen LogP) is 7.16. The molecular formula is C28H20. The Morgan fingerprint density at radius 1 is 0.607 bits per heavy atom. The molecule has 0 radical (unpaired) electrons. The molecule has 0 aromatic heterocycles. The summed E-state index contributed by atoms with van der Waals surface area (Å²) in [4.78, 5) is 0. The first kappa shape index (κ1) is 15.7. The van der Waals surface area contributed by atoms with Gasteiger partial charge >= 0.3 is 0 Å². The molecule has 0 saturated carbocycles. The van der Waals surface area contributed by atoms with E-state index in [2.05, 4.69) is 97.1 Å². The average Bonchev–Trinajstić information content (AvgIpc) is 3.13. The fourth-order valence-corrected chi connectivity index (χ4v) is 4.85. The normalized spacial score (nSPS) is 12.3. The molecule has 1 aliphatic rings. The van der Waals surface area contributed by atoms with E-state index in [0.717, 1.165) is 12.8 Å². The SMILES string of the molecule is c1ccc(Cc2cc3c(c4c2ccc2ccccc24)Cc2ccccc2-3)cc1. The minimum atomic E-state index is 0.963. The molecule has 132 valence electrons. The van der Waals surface area contributed by atoms with Crippen molar-refractivity contribution in [2.24, 2.45) is 0 Å². The number of benzene rings is 5. The molecule has 5 aromatic rings. The van der Waals surface area contributed by atoms with Gasteiger partial charge in [0.25, 0.3) is 0 Å². The minimum absolute atomic E-state index is 0.963. The highest BCUT2D eigenvalue weighted by molar-refractivity contribution is 6.13. The van der Waals surface area contributed by atoms with Crippen LogP contribution in [0.25, 0.3) is 32.7 Å². The van der Waals surface area contributed by atoms with Crippen LogP contribution in [0.4, 0.5) is 0 Å². The second-order valence-corrected chi connectivity index (χ2v) is 7.77. The van der Waals surface area contributed by atoms with E-state index in [9.17, 15) is 0 Å². The van der Waals surface area contributed by atoms with E-state index < -0.39 is 0 Å². The van der Waals surface area contributed by atoms with E-state index >= 15 is 0 Å². The quantitative estimate of drug-likeness (QED) is 0.289. The van der Waals surface area contributed by atoms with Crippen molar-refractivity contribution in [3.05, 3.63) is 119 Å². The van der Waals surface area contributed by atoms with Crippen molar-refractivity contribution in [3.8, 4) is 11.1 Å². The first-order valence-corrected chi connectivity index (χ1v) is 9.97. The fraction of sp³-hybridized carbons (Fsp3) is 0.0714. The van der Waals surface area contributed by atoms with E-state index in [0.29, 0.717) is 0 Å². The van der Waals surface area contributed by atoms with Gasteiger partial charge in [0.15, 0.2) is 0 Å². The van der Waals surface area contributed by atoms with Crippen molar-refractivity contribution in [1.82, 2.24) is 0 Å². The molecular weight excluding hydrogens is 336 g/mol. The molecule has 28 heavy (non-hydrogen) atoms. The van der Waals surface area contributed by atoms with Crippen LogP contribution < -0.4 is 0 Å². The van der Waals surface area contributed by atoms with Crippen LogP contribution in [0, 0.1) is 0 Å². The largest absolute Gasteiger partial charge is 0.0622 e. The highest BCUT2D eigenvalue weighted by Gasteiger charge is 2.23. The third-order valence-electron chi connectivity index (χ3n) is 6.13. The summed E-state index contributed by atoms with van der Waals surface area (Å²) in [5, 5.41) is 5.54. The van der Waals surface area contributed by atoms with Crippen LogP contribution in [-0.2, 0) is 12.8 Å². The molecule has 0 atom stereocenters. The van der Waals surface area contributed by atoms with E-state index in [4.69, 9.17) is 0 Å². The number of rotatable bonds is 2. The Hall–Kier alpha value is -3.38. The maximum absolute atomic E-state index is 2.45. The lowest BCUT2D eigenvalue weighted by molar-refractivity contribution is 1.21. The highest BCUT2D eigenvalue weighted by atomic mass is 14.3. The van der Waals surface area contributed by atoms with Crippen molar-refractivity contribution in [2.45, 2.75) is 12.8 Å². The summed E-state index contributed by atoms with van der Waals surface area (Å²) in [6.07, 6.45) is 1.99. The van der Waals surface area contributed by atoms with Gasteiger partial charge in [-0.05, 0) is 73.8 Å². The smallest absolute Gasteiger partial charge is 0.000706 e.